The van der Waals surface area contributed by atoms with Crippen LogP contribution in [0.5, 0.6) is 0 Å². The van der Waals surface area contributed by atoms with Gasteiger partial charge in [0.2, 0.25) is 0 Å². The van der Waals surface area contributed by atoms with Crippen LogP contribution in [0.25, 0.3) is 0 Å². The van der Waals surface area contributed by atoms with Gasteiger partial charge in [-0.2, -0.15) is 0 Å². The number of hydrogen-bond acceptors (Lipinski definition) is 2. The summed E-state index contributed by atoms with van der Waals surface area (Å²) in [5.41, 5.74) is -0.779. The van der Waals surface area contributed by atoms with Gasteiger partial charge in [0.1, 0.15) is 5.82 Å². The highest BCUT2D eigenvalue weighted by atomic mass is 19.1. The Kier molecular flexibility index (Phi) is 3.23. The molecule has 1 aromatic rings. The molecule has 1 heterocycles. The standard InChI is InChI=1S/C14H19FNO/c1-13(2)10-16-8-7-14(13,17)9-11-5-3-4-6-12(11)15/h3-6,9,16-17H,7-8,10H2,1-2H3. The molecule has 0 bridgehead atoms. The lowest BCUT2D eigenvalue weighted by Gasteiger charge is -2.46. The van der Waals surface area contributed by atoms with Gasteiger partial charge in [-0.25, -0.2) is 4.39 Å². The van der Waals surface area contributed by atoms with Crippen LogP contribution in [-0.4, -0.2) is 23.8 Å². The predicted octanol–water partition coefficient (Wildman–Crippen LogP) is 2.13. The van der Waals surface area contributed by atoms with Crippen LogP contribution in [0.4, 0.5) is 4.39 Å². The zero-order valence-corrected chi connectivity index (χ0v) is 10.3. The molecular weight excluding hydrogens is 217 g/mol. The molecular formula is C14H19FNO. The van der Waals surface area contributed by atoms with E-state index in [-0.39, 0.29) is 11.2 Å². The highest BCUT2D eigenvalue weighted by Crippen LogP contribution is 2.39. The second kappa shape index (κ2) is 4.39. The highest BCUT2D eigenvalue weighted by molar-refractivity contribution is 5.30. The van der Waals surface area contributed by atoms with E-state index in [1.165, 1.54) is 6.07 Å². The first-order valence-corrected chi connectivity index (χ1v) is 5.98. The van der Waals surface area contributed by atoms with Crippen molar-refractivity contribution in [1.29, 1.82) is 0 Å². The van der Waals surface area contributed by atoms with E-state index < -0.39 is 5.60 Å². The Bertz CT molecular complexity index is 405. The monoisotopic (exact) mass is 236 g/mol. The predicted molar refractivity (Wildman–Crippen MR) is 66.0 cm³/mol. The van der Waals surface area contributed by atoms with Crippen molar-refractivity contribution < 1.29 is 9.50 Å². The quantitative estimate of drug-likeness (QED) is 0.824. The van der Waals surface area contributed by atoms with Crippen LogP contribution in [-0.2, 0) is 0 Å². The lowest BCUT2D eigenvalue weighted by Crippen LogP contribution is -2.56. The third-order valence-electron chi connectivity index (χ3n) is 3.72. The molecule has 2 nitrogen and oxygen atoms in total. The van der Waals surface area contributed by atoms with Crippen LogP contribution in [0.2, 0.25) is 0 Å². The van der Waals surface area contributed by atoms with Gasteiger partial charge in [-0.1, -0.05) is 32.0 Å². The lowest BCUT2D eigenvalue weighted by molar-refractivity contribution is -0.0579. The fourth-order valence-corrected chi connectivity index (χ4v) is 2.29. The minimum Gasteiger partial charge on any atom is -0.389 e. The minimum absolute atomic E-state index is 0.282. The molecule has 1 unspecified atom stereocenters. The van der Waals surface area contributed by atoms with Crippen LogP contribution >= 0.6 is 0 Å². The maximum absolute atomic E-state index is 13.6. The van der Waals surface area contributed by atoms with Crippen LogP contribution < -0.4 is 5.32 Å². The first kappa shape index (κ1) is 12.5. The summed E-state index contributed by atoms with van der Waals surface area (Å²) in [4.78, 5) is 0. The minimum atomic E-state index is -0.958. The summed E-state index contributed by atoms with van der Waals surface area (Å²) in [7, 11) is 0. The van der Waals surface area contributed by atoms with E-state index in [4.69, 9.17) is 0 Å². The third kappa shape index (κ3) is 2.35. The molecule has 0 aromatic heterocycles. The first-order valence-electron chi connectivity index (χ1n) is 5.98. The lowest BCUT2D eigenvalue weighted by atomic mass is 9.68. The summed E-state index contributed by atoms with van der Waals surface area (Å²) in [5, 5.41) is 14.0. The van der Waals surface area contributed by atoms with Crippen molar-refractivity contribution in [1.82, 2.24) is 5.32 Å². The maximum Gasteiger partial charge on any atom is 0.126 e. The summed E-state index contributed by atoms with van der Waals surface area (Å²) < 4.78 is 13.6. The summed E-state index contributed by atoms with van der Waals surface area (Å²) >= 11 is 0. The van der Waals surface area contributed by atoms with Crippen molar-refractivity contribution in [2.45, 2.75) is 25.9 Å². The molecule has 1 fully saturated rings. The zero-order chi connectivity index (χ0) is 12.5. The van der Waals surface area contributed by atoms with E-state index >= 15 is 0 Å². The Balaban J connectivity index is 2.24. The van der Waals surface area contributed by atoms with Gasteiger partial charge in [0.25, 0.3) is 0 Å². The smallest absolute Gasteiger partial charge is 0.126 e. The molecule has 93 valence electrons. The van der Waals surface area contributed by atoms with Crippen LogP contribution in [0.15, 0.2) is 24.3 Å². The molecule has 17 heavy (non-hydrogen) atoms. The topological polar surface area (TPSA) is 32.3 Å². The molecule has 2 N–H and O–H groups in total. The van der Waals surface area contributed by atoms with Gasteiger partial charge in [0.05, 0.1) is 5.60 Å². The normalized spacial score (nSPS) is 28.0. The largest absolute Gasteiger partial charge is 0.389 e. The summed E-state index contributed by atoms with van der Waals surface area (Å²) in [5.74, 6) is -0.282. The molecule has 0 saturated carbocycles. The van der Waals surface area contributed by atoms with Crippen LogP contribution in [0.1, 0.15) is 25.8 Å². The van der Waals surface area contributed by atoms with Gasteiger partial charge >= 0.3 is 0 Å². The van der Waals surface area contributed by atoms with E-state index in [2.05, 4.69) is 5.32 Å². The molecule has 0 amide bonds. The average molecular weight is 236 g/mol. The third-order valence-corrected chi connectivity index (χ3v) is 3.72. The first-order chi connectivity index (χ1) is 7.95. The number of aliphatic hydroxyl groups is 1. The second-order valence-electron chi connectivity index (χ2n) is 5.40. The molecule has 0 spiro atoms. The fourth-order valence-electron chi connectivity index (χ4n) is 2.29. The summed E-state index contributed by atoms with van der Waals surface area (Å²) in [6.07, 6.45) is 2.28. The Morgan fingerprint density at radius 2 is 2.06 bits per heavy atom. The molecule has 1 aromatic carbocycles. The van der Waals surface area contributed by atoms with Gasteiger partial charge in [-0.15, -0.1) is 0 Å². The number of halogens is 1. The van der Waals surface area contributed by atoms with Gasteiger partial charge in [0.15, 0.2) is 0 Å². The number of benzene rings is 1. The zero-order valence-electron chi connectivity index (χ0n) is 10.3. The second-order valence-corrected chi connectivity index (χ2v) is 5.40. The fraction of sp³-hybridized carbons (Fsp3) is 0.500. The van der Waals surface area contributed by atoms with Crippen molar-refractivity contribution in [3.63, 3.8) is 0 Å². The number of hydrogen-bond donors (Lipinski definition) is 2. The van der Waals surface area contributed by atoms with Crippen molar-refractivity contribution in [2.24, 2.45) is 5.41 Å². The SMILES string of the molecule is CC1(C)CNCCC1(O)[CH]c1ccccc1F. The van der Waals surface area contributed by atoms with Crippen molar-refractivity contribution >= 4 is 0 Å². The van der Waals surface area contributed by atoms with Gasteiger partial charge in [0, 0.05) is 18.4 Å². The Hall–Kier alpha value is -0.930. The van der Waals surface area contributed by atoms with E-state index in [1.54, 1.807) is 24.6 Å². The molecule has 1 radical (unpaired) electrons. The maximum atomic E-state index is 13.6. The van der Waals surface area contributed by atoms with E-state index in [0.29, 0.717) is 12.0 Å². The average Bonchev–Trinajstić information content (AvgIpc) is 2.26. The van der Waals surface area contributed by atoms with Gasteiger partial charge < -0.3 is 10.4 Å². The van der Waals surface area contributed by atoms with E-state index in [1.807, 2.05) is 13.8 Å². The Labute approximate surface area is 102 Å². The van der Waals surface area contributed by atoms with Crippen molar-refractivity contribution in [3.8, 4) is 0 Å². The molecule has 1 atom stereocenters. The number of rotatable bonds is 2. The molecule has 2 rings (SSSR count). The molecule has 3 heteroatoms. The molecule has 0 aliphatic carbocycles. The number of nitrogens with one attached hydrogen (secondary N) is 1. The summed E-state index contributed by atoms with van der Waals surface area (Å²) in [6.45, 7) is 5.48. The Morgan fingerprint density at radius 1 is 1.35 bits per heavy atom. The molecule has 1 aliphatic heterocycles. The van der Waals surface area contributed by atoms with Gasteiger partial charge in [-0.05, 0) is 24.6 Å². The number of piperidine rings is 1. The van der Waals surface area contributed by atoms with E-state index in [9.17, 15) is 9.50 Å². The molecule has 1 saturated heterocycles. The van der Waals surface area contributed by atoms with Crippen LogP contribution in [0, 0.1) is 17.7 Å². The van der Waals surface area contributed by atoms with Crippen LogP contribution in [0.3, 0.4) is 0 Å². The van der Waals surface area contributed by atoms with E-state index in [0.717, 1.165) is 13.1 Å². The Morgan fingerprint density at radius 3 is 2.71 bits per heavy atom. The van der Waals surface area contributed by atoms with Gasteiger partial charge in [-0.3, -0.25) is 0 Å². The summed E-state index contributed by atoms with van der Waals surface area (Å²) in [6, 6.07) is 6.56. The highest BCUT2D eigenvalue weighted by Gasteiger charge is 2.45. The van der Waals surface area contributed by atoms with Crippen molar-refractivity contribution in [2.75, 3.05) is 13.1 Å². The van der Waals surface area contributed by atoms with Crippen molar-refractivity contribution in [3.05, 3.63) is 42.1 Å². The molecule has 1 aliphatic rings.